The molecule has 1 unspecified atom stereocenters. The second-order valence-electron chi connectivity index (χ2n) is 5.09. The van der Waals surface area contributed by atoms with E-state index in [1.165, 1.54) is 45.2 Å². The normalized spacial score (nSPS) is 35.3. The van der Waals surface area contributed by atoms with Gasteiger partial charge in [-0.3, -0.25) is 0 Å². The van der Waals surface area contributed by atoms with Gasteiger partial charge in [-0.05, 0) is 46.2 Å². The van der Waals surface area contributed by atoms with Crippen LogP contribution in [0.4, 0.5) is 0 Å². The van der Waals surface area contributed by atoms with Crippen molar-refractivity contribution in [1.29, 1.82) is 0 Å². The summed E-state index contributed by atoms with van der Waals surface area (Å²) >= 11 is 0. The maximum atomic E-state index is 3.63. The summed E-state index contributed by atoms with van der Waals surface area (Å²) in [6, 6.07) is 0.888. The van der Waals surface area contributed by atoms with Gasteiger partial charge in [0.1, 0.15) is 0 Å². The van der Waals surface area contributed by atoms with Crippen LogP contribution in [0.5, 0.6) is 0 Å². The van der Waals surface area contributed by atoms with Gasteiger partial charge in [0, 0.05) is 18.1 Å². The Hall–Kier alpha value is -0.0800. The first-order valence-electron chi connectivity index (χ1n) is 5.65. The monoisotopic (exact) mass is 182 g/mol. The van der Waals surface area contributed by atoms with Crippen LogP contribution in [0.3, 0.4) is 0 Å². The van der Waals surface area contributed by atoms with Crippen molar-refractivity contribution in [1.82, 2.24) is 10.2 Å². The summed E-state index contributed by atoms with van der Waals surface area (Å²) in [5.74, 6) is 0. The van der Waals surface area contributed by atoms with Crippen LogP contribution < -0.4 is 5.32 Å². The molecule has 0 spiro atoms. The number of hydrogen-bond donors (Lipinski definition) is 1. The quantitative estimate of drug-likeness (QED) is 0.713. The zero-order valence-electron chi connectivity index (χ0n) is 8.97. The Morgan fingerprint density at radius 1 is 1.38 bits per heavy atom. The maximum Gasteiger partial charge on any atom is 0.0280 e. The Bertz CT molecular complexity index is 169. The predicted molar refractivity (Wildman–Crippen MR) is 55.9 cm³/mol. The summed E-state index contributed by atoms with van der Waals surface area (Å²) in [5.41, 5.74) is 0.407. The van der Waals surface area contributed by atoms with E-state index in [0.717, 1.165) is 6.04 Å². The Labute approximate surface area is 81.7 Å². The average molecular weight is 182 g/mol. The van der Waals surface area contributed by atoms with Crippen molar-refractivity contribution in [3.05, 3.63) is 0 Å². The molecule has 0 aromatic rings. The molecule has 0 radical (unpaired) electrons. The minimum atomic E-state index is 0.407. The molecule has 1 aliphatic carbocycles. The highest BCUT2D eigenvalue weighted by Crippen LogP contribution is 2.27. The number of likely N-dealkylation sites (N-methyl/N-ethyl adjacent to an activating group) is 1. The molecule has 2 rings (SSSR count). The van der Waals surface area contributed by atoms with E-state index in [-0.39, 0.29) is 0 Å². The number of nitrogens with zero attached hydrogens (tertiary/aromatic N) is 1. The van der Waals surface area contributed by atoms with Gasteiger partial charge in [0.05, 0.1) is 0 Å². The number of rotatable bonds is 3. The van der Waals surface area contributed by atoms with E-state index in [9.17, 15) is 0 Å². The molecular weight excluding hydrogens is 160 g/mol. The molecule has 0 aromatic carbocycles. The van der Waals surface area contributed by atoms with E-state index in [1.54, 1.807) is 0 Å². The lowest BCUT2D eigenvalue weighted by Crippen LogP contribution is -2.50. The van der Waals surface area contributed by atoms with Crippen LogP contribution in [0.15, 0.2) is 0 Å². The minimum Gasteiger partial charge on any atom is -0.310 e. The molecular formula is C11H22N2. The molecule has 1 saturated heterocycles. The SMILES string of the molecule is CN(CC1(C)CCCN1)C1CCC1. The summed E-state index contributed by atoms with van der Waals surface area (Å²) in [6.45, 7) is 4.82. The first kappa shape index (κ1) is 9.47. The van der Waals surface area contributed by atoms with Gasteiger partial charge in [-0.25, -0.2) is 0 Å². The van der Waals surface area contributed by atoms with Crippen molar-refractivity contribution in [3.8, 4) is 0 Å². The molecule has 76 valence electrons. The van der Waals surface area contributed by atoms with Gasteiger partial charge < -0.3 is 10.2 Å². The van der Waals surface area contributed by atoms with Crippen LogP contribution in [0.25, 0.3) is 0 Å². The fraction of sp³-hybridized carbons (Fsp3) is 1.00. The smallest absolute Gasteiger partial charge is 0.0280 e. The molecule has 2 aliphatic rings. The summed E-state index contributed by atoms with van der Waals surface area (Å²) in [7, 11) is 2.29. The van der Waals surface area contributed by atoms with Gasteiger partial charge in [-0.2, -0.15) is 0 Å². The Balaban J connectivity index is 1.81. The molecule has 1 saturated carbocycles. The van der Waals surface area contributed by atoms with Crippen molar-refractivity contribution in [2.45, 2.75) is 50.6 Å². The minimum absolute atomic E-state index is 0.407. The second kappa shape index (κ2) is 3.58. The van der Waals surface area contributed by atoms with Crippen molar-refractivity contribution < 1.29 is 0 Å². The van der Waals surface area contributed by atoms with Gasteiger partial charge in [-0.15, -0.1) is 0 Å². The lowest BCUT2D eigenvalue weighted by atomic mass is 9.90. The van der Waals surface area contributed by atoms with Crippen LogP contribution in [0.2, 0.25) is 0 Å². The van der Waals surface area contributed by atoms with Gasteiger partial charge in [0.2, 0.25) is 0 Å². The molecule has 0 bridgehead atoms. The molecule has 13 heavy (non-hydrogen) atoms. The standard InChI is InChI=1S/C11H22N2/c1-11(7-4-8-12-11)9-13(2)10-5-3-6-10/h10,12H,3-9H2,1-2H3. The van der Waals surface area contributed by atoms with E-state index >= 15 is 0 Å². The highest BCUT2D eigenvalue weighted by molar-refractivity contribution is 4.93. The molecule has 1 N–H and O–H groups in total. The Kier molecular flexibility index (Phi) is 2.61. The lowest BCUT2D eigenvalue weighted by Gasteiger charge is -2.39. The van der Waals surface area contributed by atoms with Crippen LogP contribution in [0.1, 0.15) is 39.0 Å². The van der Waals surface area contributed by atoms with Gasteiger partial charge in [0.15, 0.2) is 0 Å². The Morgan fingerprint density at radius 2 is 2.15 bits per heavy atom. The third-order valence-corrected chi connectivity index (χ3v) is 3.75. The summed E-state index contributed by atoms with van der Waals surface area (Å²) in [4.78, 5) is 2.56. The van der Waals surface area contributed by atoms with Crippen LogP contribution >= 0.6 is 0 Å². The summed E-state index contributed by atoms with van der Waals surface area (Å²) in [6.07, 6.45) is 7.00. The third kappa shape index (κ3) is 2.05. The first-order valence-corrected chi connectivity index (χ1v) is 5.65. The molecule has 1 aliphatic heterocycles. The van der Waals surface area contributed by atoms with Crippen molar-refractivity contribution in [2.75, 3.05) is 20.1 Å². The van der Waals surface area contributed by atoms with Crippen molar-refractivity contribution >= 4 is 0 Å². The van der Waals surface area contributed by atoms with E-state index in [2.05, 4.69) is 24.2 Å². The number of nitrogens with one attached hydrogen (secondary N) is 1. The Morgan fingerprint density at radius 3 is 2.62 bits per heavy atom. The predicted octanol–water partition coefficient (Wildman–Crippen LogP) is 1.61. The second-order valence-corrected chi connectivity index (χ2v) is 5.09. The largest absolute Gasteiger partial charge is 0.310 e. The molecule has 1 heterocycles. The zero-order chi connectivity index (χ0) is 9.31. The highest BCUT2D eigenvalue weighted by atomic mass is 15.2. The average Bonchev–Trinajstić information content (AvgIpc) is 2.31. The van der Waals surface area contributed by atoms with Gasteiger partial charge in [0.25, 0.3) is 0 Å². The molecule has 0 aromatic heterocycles. The topological polar surface area (TPSA) is 15.3 Å². The first-order chi connectivity index (χ1) is 6.20. The van der Waals surface area contributed by atoms with Crippen molar-refractivity contribution in [2.24, 2.45) is 0 Å². The lowest BCUT2D eigenvalue weighted by molar-refractivity contribution is 0.125. The fourth-order valence-electron chi connectivity index (χ4n) is 2.60. The molecule has 0 amide bonds. The molecule has 2 nitrogen and oxygen atoms in total. The van der Waals surface area contributed by atoms with Crippen molar-refractivity contribution in [3.63, 3.8) is 0 Å². The molecule has 1 atom stereocenters. The van der Waals surface area contributed by atoms with Gasteiger partial charge in [-0.1, -0.05) is 6.42 Å². The van der Waals surface area contributed by atoms with E-state index in [4.69, 9.17) is 0 Å². The number of hydrogen-bond acceptors (Lipinski definition) is 2. The van der Waals surface area contributed by atoms with E-state index < -0.39 is 0 Å². The third-order valence-electron chi connectivity index (χ3n) is 3.75. The maximum absolute atomic E-state index is 3.63. The zero-order valence-corrected chi connectivity index (χ0v) is 8.97. The van der Waals surface area contributed by atoms with Crippen LogP contribution in [0, 0.1) is 0 Å². The van der Waals surface area contributed by atoms with E-state index in [1.807, 2.05) is 0 Å². The highest BCUT2D eigenvalue weighted by Gasteiger charge is 2.32. The summed E-state index contributed by atoms with van der Waals surface area (Å²) < 4.78 is 0. The molecule has 2 fully saturated rings. The fourth-order valence-corrected chi connectivity index (χ4v) is 2.60. The van der Waals surface area contributed by atoms with Crippen LogP contribution in [-0.4, -0.2) is 36.6 Å². The summed E-state index contributed by atoms with van der Waals surface area (Å²) in [5, 5.41) is 3.63. The van der Waals surface area contributed by atoms with E-state index in [0.29, 0.717) is 5.54 Å². The van der Waals surface area contributed by atoms with Crippen LogP contribution in [-0.2, 0) is 0 Å². The van der Waals surface area contributed by atoms with Gasteiger partial charge >= 0.3 is 0 Å². The molecule has 2 heteroatoms.